The maximum absolute atomic E-state index is 2.59. The quantitative estimate of drug-likeness (QED) is 0.0651. The Morgan fingerprint density at radius 1 is 0.316 bits per heavy atom. The zero-order chi connectivity index (χ0) is 54.1. The molecule has 0 radical (unpaired) electrons. The van der Waals surface area contributed by atoms with Crippen LogP contribution in [0.4, 0.5) is 17.1 Å². The van der Waals surface area contributed by atoms with Gasteiger partial charge in [-0.15, -0.1) is 0 Å². The third kappa shape index (κ3) is 11.8. The van der Waals surface area contributed by atoms with E-state index in [1.165, 1.54) is 162 Å². The molecular formula is C77H76N2. The van der Waals surface area contributed by atoms with Crippen molar-refractivity contribution >= 4 is 38.9 Å². The lowest BCUT2D eigenvalue weighted by atomic mass is 9.86. The van der Waals surface area contributed by atoms with Crippen molar-refractivity contribution in [2.75, 3.05) is 4.90 Å². The van der Waals surface area contributed by atoms with E-state index in [9.17, 15) is 0 Å². The molecule has 79 heavy (non-hydrogen) atoms. The number of rotatable bonds is 21. The highest BCUT2D eigenvalue weighted by molar-refractivity contribution is 6.10. The van der Waals surface area contributed by atoms with Gasteiger partial charge in [0, 0.05) is 33.5 Å². The Bertz CT molecular complexity index is 3770. The first-order valence-electron chi connectivity index (χ1n) is 29.5. The van der Waals surface area contributed by atoms with Gasteiger partial charge in [0.05, 0.1) is 11.0 Å². The molecule has 2 heteroatoms. The summed E-state index contributed by atoms with van der Waals surface area (Å²) in [4.78, 5) is 2.42. The number of hydrogen-bond donors (Lipinski definition) is 0. The van der Waals surface area contributed by atoms with Gasteiger partial charge < -0.3 is 9.47 Å². The molecule has 0 fully saturated rings. The molecule has 1 aromatic heterocycles. The summed E-state index contributed by atoms with van der Waals surface area (Å²) in [6, 6.07) is 85.0. The number of nitrogens with zero attached hydrogens (tertiary/aromatic N) is 2. The zero-order valence-corrected chi connectivity index (χ0v) is 47.2. The second kappa shape index (κ2) is 24.6. The van der Waals surface area contributed by atoms with Crippen molar-refractivity contribution in [3.05, 3.63) is 252 Å². The highest BCUT2D eigenvalue weighted by Gasteiger charge is 2.19. The van der Waals surface area contributed by atoms with Crippen molar-refractivity contribution in [1.82, 2.24) is 4.57 Å². The molecule has 0 saturated carbocycles. The lowest BCUT2D eigenvalue weighted by molar-refractivity contribution is 0.664. The van der Waals surface area contributed by atoms with E-state index in [1.807, 2.05) is 0 Å². The van der Waals surface area contributed by atoms with Gasteiger partial charge in [0.15, 0.2) is 0 Å². The van der Waals surface area contributed by atoms with Crippen LogP contribution in [0.3, 0.4) is 0 Å². The molecule has 1 heterocycles. The van der Waals surface area contributed by atoms with Gasteiger partial charge in [-0.25, -0.2) is 0 Å². The maximum atomic E-state index is 2.59. The van der Waals surface area contributed by atoms with Crippen LogP contribution in [0.15, 0.2) is 224 Å². The lowest BCUT2D eigenvalue weighted by Crippen LogP contribution is -2.10. The highest BCUT2D eigenvalue weighted by atomic mass is 15.1. The summed E-state index contributed by atoms with van der Waals surface area (Å²) in [5.41, 5.74) is 26.6. The fourth-order valence-electron chi connectivity index (χ4n) is 11.8. The molecule has 0 atom stereocenters. The summed E-state index contributed by atoms with van der Waals surface area (Å²) in [6.07, 6.45) is 14.1. The largest absolute Gasteiger partial charge is 0.311 e. The zero-order valence-electron chi connectivity index (χ0n) is 47.2. The first-order valence-corrected chi connectivity index (χ1v) is 29.5. The number of fused-ring (bicyclic) bond motifs is 3. The predicted molar refractivity (Wildman–Crippen MR) is 342 cm³/mol. The first kappa shape index (κ1) is 52.8. The van der Waals surface area contributed by atoms with Crippen molar-refractivity contribution in [1.29, 1.82) is 0 Å². The molecule has 0 aliphatic rings. The average Bonchev–Trinajstić information content (AvgIpc) is 3.89. The number of anilines is 3. The van der Waals surface area contributed by atoms with Gasteiger partial charge in [0.2, 0.25) is 0 Å². The standard InChI is InChI=1S/C77H76N2/c1-6-9-11-13-18-65-53-75(67-42-51-73-72-20-15-16-21-76(72)79(77(73)54-67)71-47-38-62(39-48-71)59-30-24-56(5)25-31-59)66(19-14-12-10-7-2)52-74(65)64-40-49-70(50-41-64)78(68-43-34-61(35-44-68)58-28-22-55(4)23-29-58)69-45-36-63(37-46-69)60-32-26-57(17-8-3)27-33-60/h15-16,20-54H,6-14,17-19H2,1-5H3. The second-order valence-corrected chi connectivity index (χ2v) is 22.1. The van der Waals surface area contributed by atoms with E-state index < -0.39 is 0 Å². The Balaban J connectivity index is 0.989. The number of hydrogen-bond acceptors (Lipinski definition) is 1. The van der Waals surface area contributed by atoms with Gasteiger partial charge in [0.1, 0.15) is 0 Å². The van der Waals surface area contributed by atoms with Crippen molar-refractivity contribution in [2.45, 2.75) is 112 Å². The Hall–Kier alpha value is -8.20. The van der Waals surface area contributed by atoms with Crippen molar-refractivity contribution in [3.63, 3.8) is 0 Å². The fourth-order valence-corrected chi connectivity index (χ4v) is 11.8. The third-order valence-electron chi connectivity index (χ3n) is 16.3. The first-order chi connectivity index (χ1) is 38.8. The van der Waals surface area contributed by atoms with Crippen LogP contribution in [0, 0.1) is 13.8 Å². The van der Waals surface area contributed by atoms with E-state index in [0.29, 0.717) is 0 Å². The summed E-state index contributed by atoms with van der Waals surface area (Å²) in [5.74, 6) is 0. The Morgan fingerprint density at radius 2 is 0.722 bits per heavy atom. The van der Waals surface area contributed by atoms with Gasteiger partial charge in [-0.3, -0.25) is 0 Å². The van der Waals surface area contributed by atoms with Crippen LogP contribution in [0.25, 0.3) is 83.1 Å². The van der Waals surface area contributed by atoms with Crippen molar-refractivity contribution in [2.24, 2.45) is 0 Å². The molecule has 10 aromatic carbocycles. The minimum absolute atomic E-state index is 1.04. The summed E-state index contributed by atoms with van der Waals surface area (Å²) >= 11 is 0. The molecule has 0 amide bonds. The lowest BCUT2D eigenvalue weighted by Gasteiger charge is -2.26. The van der Waals surface area contributed by atoms with Crippen LogP contribution < -0.4 is 4.90 Å². The minimum atomic E-state index is 1.04. The van der Waals surface area contributed by atoms with Gasteiger partial charge in [0.25, 0.3) is 0 Å². The molecule has 0 saturated heterocycles. The van der Waals surface area contributed by atoms with Crippen LogP contribution in [-0.2, 0) is 19.3 Å². The topological polar surface area (TPSA) is 8.17 Å². The van der Waals surface area contributed by atoms with E-state index in [1.54, 1.807) is 0 Å². The average molecular weight is 1030 g/mol. The molecule has 394 valence electrons. The molecule has 2 nitrogen and oxygen atoms in total. The minimum Gasteiger partial charge on any atom is -0.311 e. The number of aryl methyl sites for hydroxylation is 5. The summed E-state index contributed by atoms with van der Waals surface area (Å²) in [6.45, 7) is 11.2. The number of aromatic nitrogens is 1. The van der Waals surface area contributed by atoms with E-state index >= 15 is 0 Å². The van der Waals surface area contributed by atoms with Gasteiger partial charge in [-0.2, -0.15) is 0 Å². The molecule has 0 aliphatic carbocycles. The number of unbranched alkanes of at least 4 members (excludes halogenated alkanes) is 6. The SMILES string of the molecule is CCCCCCc1cc(-c2ccc3c4ccccc4n(-c4ccc(-c5ccc(C)cc5)cc4)c3c2)c(CCCCCC)cc1-c1ccc(N(c2ccc(-c3ccc(C)cc3)cc2)c2ccc(-c3ccc(CCC)cc3)cc2)cc1. The summed E-state index contributed by atoms with van der Waals surface area (Å²) < 4.78 is 2.48. The molecule has 0 N–H and O–H groups in total. The highest BCUT2D eigenvalue weighted by Crippen LogP contribution is 2.42. The molecule has 0 unspecified atom stereocenters. The molecule has 0 spiro atoms. The van der Waals surface area contributed by atoms with E-state index in [-0.39, 0.29) is 0 Å². The summed E-state index contributed by atoms with van der Waals surface area (Å²) in [7, 11) is 0. The van der Waals surface area contributed by atoms with E-state index in [0.717, 1.165) is 42.7 Å². The molecule has 11 rings (SSSR count). The van der Waals surface area contributed by atoms with Gasteiger partial charge in [-0.05, 0) is 179 Å². The number of benzene rings is 10. The van der Waals surface area contributed by atoms with Gasteiger partial charge in [-0.1, -0.05) is 241 Å². The Labute approximate surface area is 471 Å². The van der Waals surface area contributed by atoms with Crippen LogP contribution >= 0.6 is 0 Å². The van der Waals surface area contributed by atoms with Crippen LogP contribution in [0.2, 0.25) is 0 Å². The monoisotopic (exact) mass is 1030 g/mol. The van der Waals surface area contributed by atoms with Crippen LogP contribution in [0.1, 0.15) is 106 Å². The van der Waals surface area contributed by atoms with Gasteiger partial charge >= 0.3 is 0 Å². The Morgan fingerprint density at radius 3 is 1.20 bits per heavy atom. The fraction of sp³-hybridized carbons (Fsp3) is 0.221. The normalized spacial score (nSPS) is 11.5. The van der Waals surface area contributed by atoms with Crippen LogP contribution in [-0.4, -0.2) is 4.57 Å². The molecular weight excluding hydrogens is 953 g/mol. The van der Waals surface area contributed by atoms with Crippen molar-refractivity contribution < 1.29 is 0 Å². The molecule has 0 bridgehead atoms. The predicted octanol–water partition coefficient (Wildman–Crippen LogP) is 22.4. The van der Waals surface area contributed by atoms with E-state index in [4.69, 9.17) is 0 Å². The van der Waals surface area contributed by atoms with E-state index in [2.05, 4.69) is 269 Å². The smallest absolute Gasteiger partial charge is 0.0547 e. The third-order valence-corrected chi connectivity index (χ3v) is 16.3. The number of para-hydroxylation sites is 1. The molecule has 11 aromatic rings. The molecule has 0 aliphatic heterocycles. The second-order valence-electron chi connectivity index (χ2n) is 22.1. The summed E-state index contributed by atoms with van der Waals surface area (Å²) in [5, 5.41) is 2.57. The Kier molecular flexibility index (Phi) is 16.5. The van der Waals surface area contributed by atoms with Crippen molar-refractivity contribution in [3.8, 4) is 61.3 Å². The van der Waals surface area contributed by atoms with Crippen LogP contribution in [0.5, 0.6) is 0 Å². The maximum Gasteiger partial charge on any atom is 0.0547 e.